The molecule has 0 spiro atoms. The van der Waals surface area contributed by atoms with E-state index in [1.54, 1.807) is 24.3 Å². The minimum absolute atomic E-state index is 0.0234. The number of hydrogen-bond donors (Lipinski definition) is 0. The lowest BCUT2D eigenvalue weighted by molar-refractivity contribution is -0.122. The molecule has 1 saturated heterocycles. The summed E-state index contributed by atoms with van der Waals surface area (Å²) in [4.78, 5) is 25.2. The third-order valence-electron chi connectivity index (χ3n) is 3.28. The van der Waals surface area contributed by atoms with Crippen molar-refractivity contribution in [2.24, 2.45) is 0 Å². The number of terminal acetylenes is 1. The second-order valence-electron chi connectivity index (χ2n) is 5.00. The Labute approximate surface area is 144 Å². The molecule has 1 unspecified atom stereocenters. The predicted molar refractivity (Wildman–Crippen MR) is 93.3 cm³/mol. The van der Waals surface area contributed by atoms with E-state index in [0.717, 1.165) is 28.6 Å². The van der Waals surface area contributed by atoms with Crippen LogP contribution in [0.15, 0.2) is 23.1 Å². The molecule has 1 fully saturated rings. The first-order valence-corrected chi connectivity index (χ1v) is 8.30. The Morgan fingerprint density at radius 2 is 2.22 bits per heavy atom. The van der Waals surface area contributed by atoms with E-state index in [1.807, 2.05) is 13.8 Å². The van der Waals surface area contributed by atoms with Gasteiger partial charge in [0.15, 0.2) is 0 Å². The molecule has 2 amide bonds. The fourth-order valence-electron chi connectivity index (χ4n) is 1.88. The Morgan fingerprint density at radius 1 is 1.48 bits per heavy atom. The molecule has 23 heavy (non-hydrogen) atoms. The van der Waals surface area contributed by atoms with E-state index in [4.69, 9.17) is 22.8 Å². The van der Waals surface area contributed by atoms with E-state index in [9.17, 15) is 9.59 Å². The molecule has 0 aliphatic carbocycles. The summed E-state index contributed by atoms with van der Waals surface area (Å²) >= 11 is 7.08. The second-order valence-corrected chi connectivity index (χ2v) is 6.40. The van der Waals surface area contributed by atoms with Gasteiger partial charge in [-0.05, 0) is 48.9 Å². The third kappa shape index (κ3) is 4.10. The number of rotatable bonds is 5. The van der Waals surface area contributed by atoms with Gasteiger partial charge in [-0.15, -0.1) is 6.42 Å². The fraction of sp³-hybridized carbons (Fsp3) is 0.294. The van der Waals surface area contributed by atoms with Crippen LogP contribution >= 0.6 is 23.4 Å². The number of amides is 2. The van der Waals surface area contributed by atoms with Crippen LogP contribution in [0.2, 0.25) is 5.02 Å². The lowest BCUT2D eigenvalue weighted by Crippen LogP contribution is -2.28. The molecule has 120 valence electrons. The molecular weight excluding hydrogens is 334 g/mol. The highest BCUT2D eigenvalue weighted by atomic mass is 35.5. The minimum atomic E-state index is -0.381. The topological polar surface area (TPSA) is 46.6 Å². The quantitative estimate of drug-likeness (QED) is 0.590. The molecular formula is C17H16ClNO3S. The van der Waals surface area contributed by atoms with Crippen LogP contribution in [-0.4, -0.2) is 28.7 Å². The largest absolute Gasteiger partial charge is 0.489 e. The van der Waals surface area contributed by atoms with E-state index in [0.29, 0.717) is 15.7 Å². The normalized spacial score (nSPS) is 17.5. The van der Waals surface area contributed by atoms with Gasteiger partial charge in [-0.2, -0.15) is 0 Å². The maximum atomic E-state index is 12.1. The summed E-state index contributed by atoms with van der Waals surface area (Å²) in [5.74, 6) is 2.52. The molecule has 0 N–H and O–H groups in total. The molecule has 1 atom stereocenters. The first-order chi connectivity index (χ1) is 11.0. The number of nitrogens with zero attached hydrogens (tertiary/aromatic N) is 1. The molecule has 4 nitrogen and oxygen atoms in total. The van der Waals surface area contributed by atoms with Crippen molar-refractivity contribution in [3.63, 3.8) is 0 Å². The number of ether oxygens (including phenoxy) is 1. The van der Waals surface area contributed by atoms with E-state index in [1.165, 1.54) is 0 Å². The molecule has 1 aliphatic heterocycles. The summed E-state index contributed by atoms with van der Waals surface area (Å²) in [5, 5.41) is 0.101. The molecule has 1 heterocycles. The van der Waals surface area contributed by atoms with Crippen molar-refractivity contribution < 1.29 is 14.3 Å². The number of hydrogen-bond acceptors (Lipinski definition) is 4. The summed E-state index contributed by atoms with van der Waals surface area (Å²) in [7, 11) is 0. The molecule has 1 aromatic rings. The van der Waals surface area contributed by atoms with Crippen LogP contribution in [0.1, 0.15) is 25.8 Å². The molecule has 1 aliphatic rings. The van der Waals surface area contributed by atoms with Crippen LogP contribution in [0.4, 0.5) is 4.79 Å². The van der Waals surface area contributed by atoms with Gasteiger partial charge in [0, 0.05) is 0 Å². The lowest BCUT2D eigenvalue weighted by atomic mass is 10.2. The zero-order chi connectivity index (χ0) is 17.0. The van der Waals surface area contributed by atoms with Crippen molar-refractivity contribution in [3.05, 3.63) is 33.7 Å². The molecule has 0 aromatic heterocycles. The zero-order valence-electron chi connectivity index (χ0n) is 12.8. The van der Waals surface area contributed by atoms with E-state index in [-0.39, 0.29) is 23.8 Å². The average Bonchev–Trinajstić information content (AvgIpc) is 2.78. The van der Waals surface area contributed by atoms with Crippen molar-refractivity contribution in [2.75, 3.05) is 6.54 Å². The number of benzene rings is 1. The molecule has 0 radical (unpaired) electrons. The summed E-state index contributed by atoms with van der Waals surface area (Å²) in [6.07, 6.45) is 7.73. The van der Waals surface area contributed by atoms with Crippen LogP contribution in [0, 0.1) is 12.3 Å². The lowest BCUT2D eigenvalue weighted by Gasteiger charge is -2.14. The van der Waals surface area contributed by atoms with Gasteiger partial charge in [0.25, 0.3) is 11.1 Å². The Balaban J connectivity index is 2.21. The smallest absolute Gasteiger partial charge is 0.294 e. The van der Waals surface area contributed by atoms with Gasteiger partial charge in [0.05, 0.1) is 22.6 Å². The van der Waals surface area contributed by atoms with Gasteiger partial charge in [-0.1, -0.05) is 30.5 Å². The van der Waals surface area contributed by atoms with E-state index in [2.05, 4.69) is 5.92 Å². The maximum Gasteiger partial charge on any atom is 0.294 e. The van der Waals surface area contributed by atoms with Gasteiger partial charge in [0.1, 0.15) is 5.75 Å². The van der Waals surface area contributed by atoms with Crippen LogP contribution in [0.3, 0.4) is 0 Å². The number of imide groups is 1. The van der Waals surface area contributed by atoms with Gasteiger partial charge in [-0.25, -0.2) is 0 Å². The number of carbonyl (C=O) groups is 2. The number of halogens is 1. The van der Waals surface area contributed by atoms with Gasteiger partial charge in [0.2, 0.25) is 0 Å². The summed E-state index contributed by atoms with van der Waals surface area (Å²) in [5.41, 5.74) is 0.720. The predicted octanol–water partition coefficient (Wildman–Crippen LogP) is 4.19. The Bertz CT molecular complexity index is 708. The molecule has 2 rings (SSSR count). The van der Waals surface area contributed by atoms with Gasteiger partial charge in [-0.3, -0.25) is 14.5 Å². The van der Waals surface area contributed by atoms with E-state index >= 15 is 0 Å². The Kier molecular flexibility index (Phi) is 5.75. The SMILES string of the molecule is C#CCN1C(=O)S/C(=C/c2ccc(OC(C)CC)c(Cl)c2)C1=O. The zero-order valence-corrected chi connectivity index (χ0v) is 14.4. The van der Waals surface area contributed by atoms with Crippen LogP contribution in [-0.2, 0) is 4.79 Å². The molecule has 1 aromatic carbocycles. The second kappa shape index (κ2) is 7.58. The number of carbonyl (C=O) groups excluding carboxylic acids is 2. The molecule has 6 heteroatoms. The van der Waals surface area contributed by atoms with Crippen molar-refractivity contribution in [1.82, 2.24) is 4.90 Å². The van der Waals surface area contributed by atoms with E-state index < -0.39 is 0 Å². The summed E-state index contributed by atoms with van der Waals surface area (Å²) in [6.45, 7) is 3.97. The number of thioether (sulfide) groups is 1. The van der Waals surface area contributed by atoms with Crippen molar-refractivity contribution in [1.29, 1.82) is 0 Å². The molecule has 0 bridgehead atoms. The molecule has 0 saturated carbocycles. The third-order valence-corrected chi connectivity index (χ3v) is 4.48. The van der Waals surface area contributed by atoms with Crippen LogP contribution in [0.5, 0.6) is 5.75 Å². The highest BCUT2D eigenvalue weighted by Gasteiger charge is 2.34. The highest BCUT2D eigenvalue weighted by molar-refractivity contribution is 8.18. The Hall–Kier alpha value is -1.90. The first-order valence-electron chi connectivity index (χ1n) is 7.11. The van der Waals surface area contributed by atoms with Crippen LogP contribution in [0.25, 0.3) is 6.08 Å². The fourth-order valence-corrected chi connectivity index (χ4v) is 2.95. The van der Waals surface area contributed by atoms with Crippen molar-refractivity contribution in [2.45, 2.75) is 26.4 Å². The average molecular weight is 350 g/mol. The minimum Gasteiger partial charge on any atom is -0.489 e. The monoisotopic (exact) mass is 349 g/mol. The Morgan fingerprint density at radius 3 is 2.83 bits per heavy atom. The maximum absolute atomic E-state index is 12.1. The van der Waals surface area contributed by atoms with Gasteiger partial charge >= 0.3 is 0 Å². The van der Waals surface area contributed by atoms with Crippen molar-refractivity contribution in [3.8, 4) is 18.1 Å². The van der Waals surface area contributed by atoms with Crippen molar-refractivity contribution >= 4 is 40.6 Å². The standard InChI is InChI=1S/C17H16ClNO3S/c1-4-8-19-16(20)15(23-17(19)21)10-12-6-7-14(13(18)9-12)22-11(3)5-2/h1,6-7,9-11H,5,8H2,2-3H3/b15-10+. The highest BCUT2D eigenvalue weighted by Crippen LogP contribution is 2.33. The summed E-state index contributed by atoms with van der Waals surface area (Å²) < 4.78 is 5.70. The van der Waals surface area contributed by atoms with Crippen LogP contribution < -0.4 is 4.74 Å². The van der Waals surface area contributed by atoms with Gasteiger partial charge < -0.3 is 4.74 Å². The summed E-state index contributed by atoms with van der Waals surface area (Å²) in [6, 6.07) is 5.25. The first kappa shape index (κ1) is 17.5.